The van der Waals surface area contributed by atoms with Gasteiger partial charge in [-0.05, 0) is 33.6 Å². The number of nitrogens with one attached hydrogen (secondary N) is 2. The number of hydrogen-bond acceptors (Lipinski definition) is 4. The van der Waals surface area contributed by atoms with Gasteiger partial charge in [0, 0.05) is 24.9 Å². The summed E-state index contributed by atoms with van der Waals surface area (Å²) in [6.07, 6.45) is 12.6. The first-order valence-electron chi connectivity index (χ1n) is 12.7. The number of amides is 2. The number of carbonyl (C=O) groups excluding carboxylic acids is 2. The minimum atomic E-state index is -0.0603. The van der Waals surface area contributed by atoms with Gasteiger partial charge in [-0.15, -0.1) is 0 Å². The molecule has 2 N–H and O–H groups in total. The Balaban J connectivity index is 3.71. The summed E-state index contributed by atoms with van der Waals surface area (Å²) in [5, 5.41) is 5.99. The van der Waals surface area contributed by atoms with Gasteiger partial charge in [-0.3, -0.25) is 9.59 Å². The fourth-order valence-electron chi connectivity index (χ4n) is 3.32. The molecule has 0 saturated heterocycles. The molecule has 6 heteroatoms. The first kappa shape index (κ1) is 29.9. The zero-order valence-electron chi connectivity index (χ0n) is 21.0. The SMILES string of the molecule is CCCCCCCC(=O)NC(C)COCC(C)OCC(C)NC(=O)CCCCCCC. The predicted octanol–water partition coefficient (Wildman–Crippen LogP) is 5.14. The molecule has 0 radical (unpaired) electrons. The van der Waals surface area contributed by atoms with Gasteiger partial charge in [0.15, 0.2) is 0 Å². The first-order chi connectivity index (χ1) is 14.9. The Labute approximate surface area is 191 Å². The maximum absolute atomic E-state index is 12.0. The molecule has 0 aromatic rings. The van der Waals surface area contributed by atoms with Crippen LogP contribution in [0.2, 0.25) is 0 Å². The zero-order chi connectivity index (χ0) is 23.3. The molecule has 0 rings (SSSR count). The second-order valence-electron chi connectivity index (χ2n) is 8.95. The molecule has 3 unspecified atom stereocenters. The van der Waals surface area contributed by atoms with Gasteiger partial charge in [0.05, 0.1) is 25.9 Å². The summed E-state index contributed by atoms with van der Waals surface area (Å²) in [6.45, 7) is 11.7. The summed E-state index contributed by atoms with van der Waals surface area (Å²) in [6, 6.07) is -0.0213. The lowest BCUT2D eigenvalue weighted by Gasteiger charge is -2.20. The molecular formula is C25H50N2O4. The highest BCUT2D eigenvalue weighted by Crippen LogP contribution is 2.06. The van der Waals surface area contributed by atoms with Crippen LogP contribution in [0, 0.1) is 0 Å². The van der Waals surface area contributed by atoms with E-state index < -0.39 is 0 Å². The van der Waals surface area contributed by atoms with Crippen LogP contribution in [0.3, 0.4) is 0 Å². The number of hydrogen-bond donors (Lipinski definition) is 2. The zero-order valence-corrected chi connectivity index (χ0v) is 21.0. The Bertz CT molecular complexity index is 445. The van der Waals surface area contributed by atoms with Crippen molar-refractivity contribution in [3.8, 4) is 0 Å². The van der Waals surface area contributed by atoms with Gasteiger partial charge in [0.2, 0.25) is 11.8 Å². The molecule has 6 nitrogen and oxygen atoms in total. The van der Waals surface area contributed by atoms with Gasteiger partial charge in [-0.25, -0.2) is 0 Å². The fourth-order valence-corrected chi connectivity index (χ4v) is 3.32. The standard InChI is InChI=1S/C25H50N2O4/c1-6-8-10-12-14-16-24(28)26-21(3)18-30-20-23(5)31-19-22(4)27-25(29)17-15-13-11-9-7-2/h21-23H,6-20H2,1-5H3,(H,26,28)(H,27,29). The maximum Gasteiger partial charge on any atom is 0.220 e. The number of unbranched alkanes of at least 4 members (excludes halogenated alkanes) is 8. The highest BCUT2D eigenvalue weighted by molar-refractivity contribution is 5.76. The van der Waals surface area contributed by atoms with Gasteiger partial charge in [0.1, 0.15) is 0 Å². The first-order valence-corrected chi connectivity index (χ1v) is 12.7. The summed E-state index contributed by atoms with van der Waals surface area (Å²) in [7, 11) is 0. The lowest BCUT2D eigenvalue weighted by Crippen LogP contribution is -2.38. The molecule has 0 aromatic heterocycles. The van der Waals surface area contributed by atoms with E-state index in [4.69, 9.17) is 9.47 Å². The summed E-state index contributed by atoms with van der Waals surface area (Å²) in [5.41, 5.74) is 0. The Morgan fingerprint density at radius 3 is 1.58 bits per heavy atom. The van der Waals surface area contributed by atoms with Crippen molar-refractivity contribution >= 4 is 11.8 Å². The van der Waals surface area contributed by atoms with E-state index in [0.29, 0.717) is 32.7 Å². The minimum Gasteiger partial charge on any atom is -0.377 e. The van der Waals surface area contributed by atoms with Crippen molar-refractivity contribution in [3.05, 3.63) is 0 Å². The molecule has 3 atom stereocenters. The van der Waals surface area contributed by atoms with Crippen LogP contribution in [0.5, 0.6) is 0 Å². The van der Waals surface area contributed by atoms with Gasteiger partial charge in [0.25, 0.3) is 0 Å². The average Bonchev–Trinajstić information content (AvgIpc) is 2.72. The maximum atomic E-state index is 12.0. The highest BCUT2D eigenvalue weighted by Gasteiger charge is 2.12. The van der Waals surface area contributed by atoms with E-state index in [-0.39, 0.29) is 30.0 Å². The number of carbonyl (C=O) groups is 2. The predicted molar refractivity (Wildman–Crippen MR) is 128 cm³/mol. The quantitative estimate of drug-likeness (QED) is 0.241. The third-order valence-electron chi connectivity index (χ3n) is 5.18. The van der Waals surface area contributed by atoms with Crippen LogP contribution in [0.25, 0.3) is 0 Å². The molecule has 31 heavy (non-hydrogen) atoms. The molecule has 184 valence electrons. The molecule has 0 aliphatic carbocycles. The summed E-state index contributed by atoms with van der Waals surface area (Å²) < 4.78 is 11.5. The van der Waals surface area contributed by atoms with E-state index >= 15 is 0 Å². The molecule has 0 bridgehead atoms. The van der Waals surface area contributed by atoms with E-state index in [1.54, 1.807) is 0 Å². The van der Waals surface area contributed by atoms with Gasteiger partial charge in [-0.2, -0.15) is 0 Å². The monoisotopic (exact) mass is 442 g/mol. The van der Waals surface area contributed by atoms with Crippen LogP contribution in [0.1, 0.15) is 112 Å². The van der Waals surface area contributed by atoms with Crippen LogP contribution in [-0.2, 0) is 19.1 Å². The Morgan fingerprint density at radius 2 is 1.10 bits per heavy atom. The smallest absolute Gasteiger partial charge is 0.220 e. The van der Waals surface area contributed by atoms with Crippen molar-refractivity contribution in [2.24, 2.45) is 0 Å². The van der Waals surface area contributed by atoms with Crippen LogP contribution in [-0.4, -0.2) is 49.8 Å². The van der Waals surface area contributed by atoms with Crippen molar-refractivity contribution < 1.29 is 19.1 Å². The van der Waals surface area contributed by atoms with Gasteiger partial charge >= 0.3 is 0 Å². The van der Waals surface area contributed by atoms with E-state index in [9.17, 15) is 9.59 Å². The lowest BCUT2D eigenvalue weighted by molar-refractivity contribution is -0.123. The molecule has 0 aromatic carbocycles. The third kappa shape index (κ3) is 20.5. The third-order valence-corrected chi connectivity index (χ3v) is 5.18. The van der Waals surface area contributed by atoms with Crippen molar-refractivity contribution in [3.63, 3.8) is 0 Å². The molecule has 0 spiro atoms. The van der Waals surface area contributed by atoms with Crippen molar-refractivity contribution in [1.29, 1.82) is 0 Å². The molecular weight excluding hydrogens is 392 g/mol. The Kier molecular flexibility index (Phi) is 20.0. The van der Waals surface area contributed by atoms with Crippen LogP contribution in [0.4, 0.5) is 0 Å². The number of ether oxygens (including phenoxy) is 2. The average molecular weight is 443 g/mol. The normalized spacial score (nSPS) is 14.1. The molecule has 0 fully saturated rings. The van der Waals surface area contributed by atoms with E-state index in [1.165, 1.54) is 38.5 Å². The van der Waals surface area contributed by atoms with Crippen LogP contribution in [0.15, 0.2) is 0 Å². The lowest BCUT2D eigenvalue weighted by atomic mass is 10.1. The Morgan fingerprint density at radius 1 is 0.645 bits per heavy atom. The molecule has 2 amide bonds. The molecule has 0 aliphatic heterocycles. The van der Waals surface area contributed by atoms with E-state index in [1.807, 2.05) is 20.8 Å². The molecule has 0 heterocycles. The van der Waals surface area contributed by atoms with Crippen LogP contribution >= 0.6 is 0 Å². The molecule has 0 aliphatic rings. The van der Waals surface area contributed by atoms with Crippen LogP contribution < -0.4 is 10.6 Å². The number of rotatable bonds is 21. The van der Waals surface area contributed by atoms with E-state index in [2.05, 4.69) is 24.5 Å². The highest BCUT2D eigenvalue weighted by atomic mass is 16.5. The van der Waals surface area contributed by atoms with Crippen molar-refractivity contribution in [1.82, 2.24) is 10.6 Å². The van der Waals surface area contributed by atoms with Gasteiger partial charge in [-0.1, -0.05) is 65.2 Å². The van der Waals surface area contributed by atoms with Crippen molar-refractivity contribution in [2.75, 3.05) is 19.8 Å². The minimum absolute atomic E-state index is 0.00844. The van der Waals surface area contributed by atoms with Gasteiger partial charge < -0.3 is 20.1 Å². The Hall–Kier alpha value is -1.14. The molecule has 0 saturated carbocycles. The second-order valence-corrected chi connectivity index (χ2v) is 8.95. The van der Waals surface area contributed by atoms with Crippen molar-refractivity contribution in [2.45, 2.75) is 130 Å². The summed E-state index contributed by atoms with van der Waals surface area (Å²) in [5.74, 6) is 0.207. The van der Waals surface area contributed by atoms with E-state index in [0.717, 1.165) is 25.7 Å². The second kappa shape index (κ2) is 20.7. The summed E-state index contributed by atoms with van der Waals surface area (Å²) in [4.78, 5) is 23.9. The topological polar surface area (TPSA) is 76.7 Å². The fraction of sp³-hybridized carbons (Fsp3) is 0.920. The largest absolute Gasteiger partial charge is 0.377 e. The summed E-state index contributed by atoms with van der Waals surface area (Å²) >= 11 is 0.